The molecule has 0 fully saturated rings. The van der Waals surface area contributed by atoms with E-state index in [2.05, 4.69) is 0 Å². The lowest BCUT2D eigenvalue weighted by atomic mass is 10.1. The SMILES string of the molecule is Cc1c(-c2ccc([N+](=O)[O-])cc2)c1=O. The number of rotatable bonds is 2. The molecule has 70 valence electrons. The lowest BCUT2D eigenvalue weighted by Gasteiger charge is -1.92. The molecule has 4 nitrogen and oxygen atoms in total. The van der Waals surface area contributed by atoms with Crippen molar-refractivity contribution in [3.63, 3.8) is 0 Å². The van der Waals surface area contributed by atoms with Crippen LogP contribution in [0.3, 0.4) is 0 Å². The fourth-order valence-electron chi connectivity index (χ4n) is 1.36. The molecule has 0 aliphatic rings. The number of benzene rings is 1. The highest BCUT2D eigenvalue weighted by Crippen LogP contribution is 2.25. The Kier molecular flexibility index (Phi) is 1.70. The predicted molar refractivity (Wildman–Crippen MR) is 51.9 cm³/mol. The van der Waals surface area contributed by atoms with Gasteiger partial charge in [0.25, 0.3) is 5.69 Å². The van der Waals surface area contributed by atoms with Gasteiger partial charge in [-0.2, -0.15) is 0 Å². The van der Waals surface area contributed by atoms with Crippen molar-refractivity contribution in [2.45, 2.75) is 6.92 Å². The molecule has 0 spiro atoms. The van der Waals surface area contributed by atoms with Gasteiger partial charge in [0.05, 0.1) is 4.92 Å². The molecular weight excluding hydrogens is 182 g/mol. The number of hydrogen-bond donors (Lipinski definition) is 0. The molecule has 2 aromatic rings. The molecule has 0 saturated carbocycles. The fourth-order valence-corrected chi connectivity index (χ4v) is 1.36. The van der Waals surface area contributed by atoms with Crippen LogP contribution in [-0.4, -0.2) is 4.92 Å². The third-order valence-corrected chi connectivity index (χ3v) is 2.25. The molecule has 0 aliphatic carbocycles. The van der Waals surface area contributed by atoms with Gasteiger partial charge in [-0.3, -0.25) is 14.9 Å². The van der Waals surface area contributed by atoms with Crippen LogP contribution in [0, 0.1) is 17.0 Å². The Hall–Kier alpha value is -1.97. The Bertz CT molecular complexity index is 504. The van der Waals surface area contributed by atoms with Crippen molar-refractivity contribution in [1.82, 2.24) is 0 Å². The minimum Gasteiger partial charge on any atom is -0.289 e. The van der Waals surface area contributed by atoms with E-state index in [-0.39, 0.29) is 11.1 Å². The zero-order chi connectivity index (χ0) is 10.3. The van der Waals surface area contributed by atoms with Crippen LogP contribution in [0.25, 0.3) is 11.1 Å². The second-order valence-corrected chi connectivity index (χ2v) is 3.13. The van der Waals surface area contributed by atoms with Crippen molar-refractivity contribution >= 4 is 5.69 Å². The minimum absolute atomic E-state index is 0.0418. The van der Waals surface area contributed by atoms with E-state index in [1.165, 1.54) is 12.1 Å². The van der Waals surface area contributed by atoms with Gasteiger partial charge in [0.1, 0.15) is 0 Å². The number of nitro groups is 1. The van der Waals surface area contributed by atoms with Crippen LogP contribution in [0.2, 0.25) is 0 Å². The third-order valence-electron chi connectivity index (χ3n) is 2.25. The molecule has 4 heteroatoms. The Morgan fingerprint density at radius 3 is 2.07 bits per heavy atom. The highest BCUT2D eigenvalue weighted by molar-refractivity contribution is 5.76. The first-order chi connectivity index (χ1) is 6.61. The van der Waals surface area contributed by atoms with Gasteiger partial charge in [0, 0.05) is 23.3 Å². The molecule has 0 aromatic heterocycles. The molecule has 0 aliphatic heterocycles. The van der Waals surface area contributed by atoms with Gasteiger partial charge in [0.2, 0.25) is 0 Å². The van der Waals surface area contributed by atoms with Gasteiger partial charge in [-0.1, -0.05) is 0 Å². The third kappa shape index (κ3) is 1.21. The molecule has 0 radical (unpaired) electrons. The summed E-state index contributed by atoms with van der Waals surface area (Å²) in [5.41, 5.74) is 2.30. The molecule has 0 saturated heterocycles. The van der Waals surface area contributed by atoms with E-state index in [0.717, 1.165) is 11.1 Å². The van der Waals surface area contributed by atoms with Gasteiger partial charge in [-0.25, -0.2) is 0 Å². The molecule has 0 unspecified atom stereocenters. The molecule has 0 amide bonds. The van der Waals surface area contributed by atoms with E-state index < -0.39 is 4.92 Å². The molecule has 2 rings (SSSR count). The van der Waals surface area contributed by atoms with E-state index in [1.807, 2.05) is 0 Å². The number of hydrogen-bond acceptors (Lipinski definition) is 3. The highest BCUT2D eigenvalue weighted by Gasteiger charge is 2.19. The summed E-state index contributed by atoms with van der Waals surface area (Å²) in [6.45, 7) is 1.75. The molecule has 0 atom stereocenters. The lowest BCUT2D eigenvalue weighted by Crippen LogP contribution is -1.86. The summed E-state index contributed by atoms with van der Waals surface area (Å²) in [6.07, 6.45) is 0. The zero-order valence-corrected chi connectivity index (χ0v) is 7.48. The Morgan fingerprint density at radius 2 is 1.71 bits per heavy atom. The van der Waals surface area contributed by atoms with Crippen LogP contribution in [0.1, 0.15) is 5.56 Å². The summed E-state index contributed by atoms with van der Waals surface area (Å²) in [5, 5.41) is 10.4. The van der Waals surface area contributed by atoms with Gasteiger partial charge in [0.15, 0.2) is 5.43 Å². The largest absolute Gasteiger partial charge is 0.289 e. The summed E-state index contributed by atoms with van der Waals surface area (Å²) < 4.78 is 0. The molecule has 0 bridgehead atoms. The smallest absolute Gasteiger partial charge is 0.269 e. The lowest BCUT2D eigenvalue weighted by molar-refractivity contribution is -0.384. The van der Waals surface area contributed by atoms with E-state index >= 15 is 0 Å². The van der Waals surface area contributed by atoms with Gasteiger partial charge in [-0.05, 0) is 24.6 Å². The highest BCUT2D eigenvalue weighted by atomic mass is 16.6. The first-order valence-electron chi connectivity index (χ1n) is 4.11. The van der Waals surface area contributed by atoms with Crippen molar-refractivity contribution < 1.29 is 4.92 Å². The van der Waals surface area contributed by atoms with E-state index in [4.69, 9.17) is 0 Å². The van der Waals surface area contributed by atoms with Crippen LogP contribution in [0.4, 0.5) is 5.69 Å². The minimum atomic E-state index is -0.459. The van der Waals surface area contributed by atoms with Crippen molar-refractivity contribution in [2.24, 2.45) is 0 Å². The average molecular weight is 189 g/mol. The maximum Gasteiger partial charge on any atom is 0.269 e. The Labute approximate surface area is 79.6 Å². The number of nitrogens with zero attached hydrogens (tertiary/aromatic N) is 1. The zero-order valence-electron chi connectivity index (χ0n) is 7.48. The van der Waals surface area contributed by atoms with Gasteiger partial charge >= 0.3 is 0 Å². The maximum atomic E-state index is 11.0. The average Bonchev–Trinajstić information content (AvgIpc) is 2.75. The van der Waals surface area contributed by atoms with Crippen LogP contribution in [-0.2, 0) is 0 Å². The summed E-state index contributed by atoms with van der Waals surface area (Å²) in [4.78, 5) is 20.9. The van der Waals surface area contributed by atoms with Crippen LogP contribution in [0.15, 0.2) is 29.1 Å². The predicted octanol–water partition coefficient (Wildman–Crippen LogP) is 1.81. The van der Waals surface area contributed by atoms with E-state index in [0.29, 0.717) is 5.56 Å². The summed E-state index contributed by atoms with van der Waals surface area (Å²) in [6, 6.07) is 6.01. The number of non-ortho nitro benzene ring substituents is 1. The molecule has 14 heavy (non-hydrogen) atoms. The van der Waals surface area contributed by atoms with Gasteiger partial charge in [-0.15, -0.1) is 0 Å². The second kappa shape index (κ2) is 2.77. The van der Waals surface area contributed by atoms with Crippen LogP contribution >= 0.6 is 0 Å². The Balaban J connectivity index is 2.36. The summed E-state index contributed by atoms with van der Waals surface area (Å²) in [5.74, 6) is 0. The molecule has 0 heterocycles. The summed E-state index contributed by atoms with van der Waals surface area (Å²) in [7, 11) is 0. The van der Waals surface area contributed by atoms with Crippen LogP contribution < -0.4 is 5.43 Å². The number of nitro benzene ring substituents is 1. The van der Waals surface area contributed by atoms with Crippen molar-refractivity contribution in [3.8, 4) is 11.1 Å². The van der Waals surface area contributed by atoms with Crippen molar-refractivity contribution in [3.05, 3.63) is 50.2 Å². The van der Waals surface area contributed by atoms with Crippen molar-refractivity contribution in [1.29, 1.82) is 0 Å². The fraction of sp³-hybridized carbons (Fsp3) is 0.100. The molecule has 0 N–H and O–H groups in total. The first-order valence-corrected chi connectivity index (χ1v) is 4.11. The van der Waals surface area contributed by atoms with E-state index in [1.54, 1.807) is 19.1 Å². The summed E-state index contributed by atoms with van der Waals surface area (Å²) >= 11 is 0. The quantitative estimate of drug-likeness (QED) is 0.534. The van der Waals surface area contributed by atoms with Gasteiger partial charge < -0.3 is 0 Å². The molecular formula is C10H7NO3. The van der Waals surface area contributed by atoms with Crippen LogP contribution in [0.5, 0.6) is 0 Å². The first kappa shape index (κ1) is 8.62. The van der Waals surface area contributed by atoms with E-state index in [9.17, 15) is 14.9 Å². The second-order valence-electron chi connectivity index (χ2n) is 3.13. The Morgan fingerprint density at radius 1 is 1.21 bits per heavy atom. The monoisotopic (exact) mass is 189 g/mol. The normalized spacial score (nSPS) is 10.6. The maximum absolute atomic E-state index is 11.0. The van der Waals surface area contributed by atoms with Crippen molar-refractivity contribution in [2.75, 3.05) is 0 Å². The standard InChI is InChI=1S/C10H7NO3/c1-6-9(10(6)12)7-2-4-8(5-3-7)11(13)14/h2-5H,1H3. The molecule has 2 aromatic carbocycles. The topological polar surface area (TPSA) is 60.2 Å².